The van der Waals surface area contributed by atoms with Crippen molar-refractivity contribution in [2.45, 2.75) is 20.0 Å². The second kappa shape index (κ2) is 0.965. The van der Waals surface area contributed by atoms with Crippen LogP contribution in [0.1, 0.15) is 13.8 Å². The van der Waals surface area contributed by atoms with Crippen LogP contribution in [0.25, 0.3) is 0 Å². The first kappa shape index (κ1) is 3.65. The molecule has 2 nitrogen and oxygen atoms in total. The van der Waals surface area contributed by atoms with Gasteiger partial charge < -0.3 is 4.84 Å². The maximum absolute atomic E-state index is 4.63. The third-order valence-electron chi connectivity index (χ3n) is 0.943. The second-order valence-electron chi connectivity index (χ2n) is 1.48. The van der Waals surface area contributed by atoms with Gasteiger partial charge in [0.05, 0.1) is 5.71 Å². The first-order valence-electron chi connectivity index (χ1n) is 2.01. The monoisotopic (exact) mass is 85.1 g/mol. The molecule has 1 aliphatic rings. The van der Waals surface area contributed by atoms with E-state index in [0.717, 1.165) is 5.71 Å². The molecule has 1 atom stereocenters. The van der Waals surface area contributed by atoms with E-state index >= 15 is 0 Å². The van der Waals surface area contributed by atoms with Crippen LogP contribution in [0, 0.1) is 0 Å². The summed E-state index contributed by atoms with van der Waals surface area (Å²) >= 11 is 0. The normalized spacial score (nSPS) is 30.3. The molecule has 0 amide bonds. The summed E-state index contributed by atoms with van der Waals surface area (Å²) < 4.78 is 0. The van der Waals surface area contributed by atoms with E-state index in [9.17, 15) is 0 Å². The minimum atomic E-state index is 0.282. The van der Waals surface area contributed by atoms with Crippen molar-refractivity contribution in [1.82, 2.24) is 0 Å². The van der Waals surface area contributed by atoms with Gasteiger partial charge in [-0.25, -0.2) is 0 Å². The molecule has 0 bridgehead atoms. The third kappa shape index (κ3) is 0.295. The summed E-state index contributed by atoms with van der Waals surface area (Å²) in [5.41, 5.74) is 1.09. The molecule has 1 unspecified atom stereocenters. The number of nitrogens with zero attached hydrogens (tertiary/aromatic N) is 1. The molecular formula is C4H7NO. The van der Waals surface area contributed by atoms with Gasteiger partial charge in [-0.3, -0.25) is 0 Å². The van der Waals surface area contributed by atoms with Gasteiger partial charge in [0.25, 0.3) is 0 Å². The Hall–Kier alpha value is -0.530. The van der Waals surface area contributed by atoms with E-state index in [-0.39, 0.29) is 6.10 Å². The van der Waals surface area contributed by atoms with Gasteiger partial charge in [0.2, 0.25) is 0 Å². The molecule has 0 N–H and O–H groups in total. The lowest BCUT2D eigenvalue weighted by molar-refractivity contribution is 0.0728. The maximum Gasteiger partial charge on any atom is 0.165 e. The van der Waals surface area contributed by atoms with E-state index in [1.54, 1.807) is 0 Å². The molecular weight excluding hydrogens is 78.0 g/mol. The van der Waals surface area contributed by atoms with Crippen molar-refractivity contribution in [1.29, 1.82) is 0 Å². The predicted molar refractivity (Wildman–Crippen MR) is 23.7 cm³/mol. The number of oxime groups is 1. The van der Waals surface area contributed by atoms with Crippen LogP contribution < -0.4 is 0 Å². The topological polar surface area (TPSA) is 21.6 Å². The van der Waals surface area contributed by atoms with Crippen LogP contribution in [0.2, 0.25) is 0 Å². The van der Waals surface area contributed by atoms with E-state index in [0.29, 0.717) is 0 Å². The van der Waals surface area contributed by atoms with Gasteiger partial charge in [0.15, 0.2) is 6.10 Å². The van der Waals surface area contributed by atoms with Crippen LogP contribution >= 0.6 is 0 Å². The molecule has 0 saturated carbocycles. The van der Waals surface area contributed by atoms with Crippen molar-refractivity contribution in [2.75, 3.05) is 0 Å². The predicted octanol–water partition coefficient (Wildman–Crippen LogP) is 0.781. The molecule has 0 spiro atoms. The maximum atomic E-state index is 4.63. The fourth-order valence-corrected chi connectivity index (χ4v) is 0.264. The Morgan fingerprint density at radius 3 is 2.33 bits per heavy atom. The average molecular weight is 85.1 g/mol. The summed E-state index contributed by atoms with van der Waals surface area (Å²) in [6.07, 6.45) is 0.282. The molecule has 1 heterocycles. The Morgan fingerprint density at radius 1 is 1.83 bits per heavy atom. The molecule has 0 radical (unpaired) electrons. The Balaban J connectivity index is 2.51. The van der Waals surface area contributed by atoms with E-state index in [1.165, 1.54) is 0 Å². The van der Waals surface area contributed by atoms with Gasteiger partial charge >= 0.3 is 0 Å². The van der Waals surface area contributed by atoms with Crippen LogP contribution in [0.4, 0.5) is 0 Å². The zero-order valence-electron chi connectivity index (χ0n) is 3.93. The number of hydrogen-bond acceptors (Lipinski definition) is 2. The van der Waals surface area contributed by atoms with Gasteiger partial charge in [-0.15, -0.1) is 0 Å². The summed E-state index contributed by atoms with van der Waals surface area (Å²) in [6.45, 7) is 3.93. The molecule has 0 aromatic rings. The van der Waals surface area contributed by atoms with Crippen LogP contribution in [0.5, 0.6) is 0 Å². The van der Waals surface area contributed by atoms with Crippen LogP contribution in [-0.4, -0.2) is 11.8 Å². The minimum absolute atomic E-state index is 0.282. The van der Waals surface area contributed by atoms with Gasteiger partial charge in [-0.1, -0.05) is 5.16 Å². The molecule has 0 saturated heterocycles. The number of hydrogen-bond donors (Lipinski definition) is 0. The van der Waals surface area contributed by atoms with Crippen molar-refractivity contribution in [2.24, 2.45) is 5.16 Å². The fourth-order valence-electron chi connectivity index (χ4n) is 0.264. The quantitative estimate of drug-likeness (QED) is 0.426. The molecule has 0 aromatic carbocycles. The van der Waals surface area contributed by atoms with Crippen molar-refractivity contribution >= 4 is 5.71 Å². The molecule has 34 valence electrons. The summed E-state index contributed by atoms with van der Waals surface area (Å²) in [5.74, 6) is 0. The van der Waals surface area contributed by atoms with Gasteiger partial charge in [-0.05, 0) is 13.8 Å². The highest BCUT2D eigenvalue weighted by Crippen LogP contribution is 2.04. The summed E-state index contributed by atoms with van der Waals surface area (Å²) in [7, 11) is 0. The van der Waals surface area contributed by atoms with Crippen molar-refractivity contribution < 1.29 is 4.84 Å². The molecule has 1 aliphatic heterocycles. The minimum Gasteiger partial charge on any atom is -0.386 e. The molecule has 0 fully saturated rings. The molecule has 0 aromatic heterocycles. The lowest BCUT2D eigenvalue weighted by atomic mass is 10.2. The smallest absolute Gasteiger partial charge is 0.165 e. The van der Waals surface area contributed by atoms with Crippen LogP contribution in [0.15, 0.2) is 5.16 Å². The SMILES string of the molecule is CC1=NOC1C. The molecule has 1 rings (SSSR count). The average Bonchev–Trinajstić information content (AvgIpc) is 1.61. The lowest BCUT2D eigenvalue weighted by Crippen LogP contribution is -2.24. The highest BCUT2D eigenvalue weighted by molar-refractivity contribution is 5.88. The van der Waals surface area contributed by atoms with E-state index in [1.807, 2.05) is 13.8 Å². The van der Waals surface area contributed by atoms with E-state index < -0.39 is 0 Å². The van der Waals surface area contributed by atoms with Gasteiger partial charge in [0, 0.05) is 0 Å². The van der Waals surface area contributed by atoms with Gasteiger partial charge in [0.1, 0.15) is 0 Å². The summed E-state index contributed by atoms with van der Waals surface area (Å²) in [5, 5.41) is 3.57. The Kier molecular flexibility index (Phi) is 0.587. The standard InChI is InChI=1S/C4H7NO/c1-3-4(2)6-5-3/h4H,1-2H3. The van der Waals surface area contributed by atoms with Crippen LogP contribution in [-0.2, 0) is 4.84 Å². The van der Waals surface area contributed by atoms with Crippen LogP contribution in [0.3, 0.4) is 0 Å². The Morgan fingerprint density at radius 2 is 2.33 bits per heavy atom. The lowest BCUT2D eigenvalue weighted by Gasteiger charge is -2.16. The molecule has 2 heteroatoms. The van der Waals surface area contributed by atoms with E-state index in [4.69, 9.17) is 0 Å². The molecule has 0 aliphatic carbocycles. The largest absolute Gasteiger partial charge is 0.386 e. The van der Waals surface area contributed by atoms with E-state index in [2.05, 4.69) is 9.99 Å². The van der Waals surface area contributed by atoms with Gasteiger partial charge in [-0.2, -0.15) is 0 Å². The fraction of sp³-hybridized carbons (Fsp3) is 0.750. The first-order valence-corrected chi connectivity index (χ1v) is 2.01. The Bertz CT molecular complexity index is 87.5. The zero-order chi connectivity index (χ0) is 4.57. The highest BCUT2D eigenvalue weighted by Gasteiger charge is 2.14. The Labute approximate surface area is 36.8 Å². The second-order valence-corrected chi connectivity index (χ2v) is 1.48. The summed E-state index contributed by atoms with van der Waals surface area (Å²) in [6, 6.07) is 0. The third-order valence-corrected chi connectivity index (χ3v) is 0.943. The van der Waals surface area contributed by atoms with Crippen molar-refractivity contribution in [3.05, 3.63) is 0 Å². The van der Waals surface area contributed by atoms with Crippen molar-refractivity contribution in [3.8, 4) is 0 Å². The highest BCUT2D eigenvalue weighted by atomic mass is 16.7. The molecule has 6 heavy (non-hydrogen) atoms. The zero-order valence-corrected chi connectivity index (χ0v) is 3.93. The van der Waals surface area contributed by atoms with Crippen molar-refractivity contribution in [3.63, 3.8) is 0 Å². The number of rotatable bonds is 0. The first-order chi connectivity index (χ1) is 2.80. The summed E-state index contributed by atoms with van der Waals surface area (Å²) in [4.78, 5) is 4.63.